The average Bonchev–Trinajstić information content (AvgIpc) is 3.25. The number of amides is 2. The maximum atomic E-state index is 12.7. The van der Waals surface area contributed by atoms with E-state index < -0.39 is 0 Å². The molecule has 1 aromatic heterocycles. The number of hydrogen-bond donors (Lipinski definition) is 1. The summed E-state index contributed by atoms with van der Waals surface area (Å²) in [5.41, 5.74) is 4.09. The van der Waals surface area contributed by atoms with Gasteiger partial charge >= 0.3 is 0 Å². The highest BCUT2D eigenvalue weighted by molar-refractivity contribution is 7.16. The molecule has 2 aliphatic rings. The molecule has 1 aromatic carbocycles. The molecule has 1 N–H and O–H groups in total. The third-order valence-electron chi connectivity index (χ3n) is 6.31. The van der Waals surface area contributed by atoms with Crippen LogP contribution < -0.4 is 10.2 Å². The summed E-state index contributed by atoms with van der Waals surface area (Å²) in [5.74, 6) is 0.163. The van der Waals surface area contributed by atoms with Crippen molar-refractivity contribution in [2.24, 2.45) is 5.92 Å². The van der Waals surface area contributed by atoms with Gasteiger partial charge in [0.2, 0.25) is 11.8 Å². The number of carbonyl (C=O) groups excluding carboxylic acids is 2. The van der Waals surface area contributed by atoms with E-state index >= 15 is 0 Å². The zero-order chi connectivity index (χ0) is 21.4. The van der Waals surface area contributed by atoms with Gasteiger partial charge in [-0.15, -0.1) is 11.3 Å². The number of benzene rings is 1. The Morgan fingerprint density at radius 2 is 1.97 bits per heavy atom. The predicted octanol–water partition coefficient (Wildman–Crippen LogP) is 4.56. The van der Waals surface area contributed by atoms with Gasteiger partial charge in [0.1, 0.15) is 0 Å². The van der Waals surface area contributed by atoms with Crippen LogP contribution in [0.5, 0.6) is 0 Å². The van der Waals surface area contributed by atoms with Crippen LogP contribution in [0.25, 0.3) is 11.3 Å². The Balaban J connectivity index is 1.49. The van der Waals surface area contributed by atoms with Crippen LogP contribution in [0.2, 0.25) is 0 Å². The van der Waals surface area contributed by atoms with Crippen molar-refractivity contribution in [3.63, 3.8) is 0 Å². The summed E-state index contributed by atoms with van der Waals surface area (Å²) < 4.78 is 5.40. The third-order valence-corrected chi connectivity index (χ3v) is 7.20. The number of rotatable bonds is 4. The van der Waals surface area contributed by atoms with Crippen molar-refractivity contribution in [2.45, 2.75) is 65.0 Å². The fourth-order valence-corrected chi connectivity index (χ4v) is 5.58. The van der Waals surface area contributed by atoms with Gasteiger partial charge in [-0.1, -0.05) is 6.07 Å². The summed E-state index contributed by atoms with van der Waals surface area (Å²) in [6.07, 6.45) is 4.71. The number of aromatic nitrogens is 1. The molecule has 2 aromatic rings. The van der Waals surface area contributed by atoms with Gasteiger partial charge in [-0.2, -0.15) is 0 Å². The number of thiazole rings is 1. The van der Waals surface area contributed by atoms with Gasteiger partial charge in [-0.3, -0.25) is 9.59 Å². The molecule has 6 nitrogen and oxygen atoms in total. The van der Waals surface area contributed by atoms with E-state index in [4.69, 9.17) is 9.72 Å². The van der Waals surface area contributed by atoms with Crippen LogP contribution in [0.4, 0.5) is 10.8 Å². The molecule has 2 amide bonds. The van der Waals surface area contributed by atoms with Crippen LogP contribution in [0.1, 0.15) is 50.0 Å². The van der Waals surface area contributed by atoms with E-state index in [9.17, 15) is 9.59 Å². The number of hydrogen-bond acceptors (Lipinski definition) is 5. The zero-order valence-electron chi connectivity index (χ0n) is 18.0. The lowest BCUT2D eigenvalue weighted by atomic mass is 9.87. The van der Waals surface area contributed by atoms with Crippen LogP contribution in [0.15, 0.2) is 18.2 Å². The largest absolute Gasteiger partial charge is 0.381 e. The number of fused-ring (bicyclic) bond motifs is 1. The molecule has 2 heterocycles. The second kappa shape index (κ2) is 8.47. The Kier molecular flexibility index (Phi) is 5.93. The summed E-state index contributed by atoms with van der Waals surface area (Å²) in [5, 5.41) is 3.68. The number of anilines is 2. The Labute approximate surface area is 181 Å². The van der Waals surface area contributed by atoms with Gasteiger partial charge in [-0.25, -0.2) is 4.98 Å². The minimum atomic E-state index is 0.0307. The Morgan fingerprint density at radius 3 is 2.63 bits per heavy atom. The zero-order valence-corrected chi connectivity index (χ0v) is 18.8. The van der Waals surface area contributed by atoms with Crippen molar-refractivity contribution < 1.29 is 14.3 Å². The van der Waals surface area contributed by atoms with Crippen molar-refractivity contribution >= 4 is 34.0 Å². The van der Waals surface area contributed by atoms with E-state index in [1.54, 1.807) is 14.0 Å². The number of ether oxygens (including phenoxy) is 1. The van der Waals surface area contributed by atoms with E-state index in [1.165, 1.54) is 16.9 Å². The lowest BCUT2D eigenvalue weighted by Crippen LogP contribution is -2.33. The second-order valence-electron chi connectivity index (χ2n) is 8.41. The van der Waals surface area contributed by atoms with Crippen molar-refractivity contribution in [3.05, 3.63) is 28.6 Å². The van der Waals surface area contributed by atoms with Gasteiger partial charge < -0.3 is 15.0 Å². The topological polar surface area (TPSA) is 71.5 Å². The van der Waals surface area contributed by atoms with Crippen LogP contribution in [-0.4, -0.2) is 36.1 Å². The van der Waals surface area contributed by atoms with Gasteiger partial charge in [0.05, 0.1) is 11.8 Å². The third kappa shape index (κ3) is 4.01. The van der Waals surface area contributed by atoms with E-state index in [-0.39, 0.29) is 29.9 Å². The molecule has 1 saturated carbocycles. The molecule has 160 valence electrons. The summed E-state index contributed by atoms with van der Waals surface area (Å²) in [6, 6.07) is 6.34. The molecule has 7 heteroatoms. The summed E-state index contributed by atoms with van der Waals surface area (Å²) >= 11 is 1.51. The number of carbonyl (C=O) groups is 2. The number of methoxy groups -OCH3 is 1. The average molecular weight is 428 g/mol. The van der Waals surface area contributed by atoms with Gasteiger partial charge in [0, 0.05) is 42.1 Å². The van der Waals surface area contributed by atoms with Crippen LogP contribution in [0, 0.1) is 12.8 Å². The SMILES string of the molecule is COC1CCC(C(=O)Nc2nc(-c3ccc4c(c3)CC(C)N4C(C)=O)c(C)s2)CC1. The molecule has 0 radical (unpaired) electrons. The van der Waals surface area contributed by atoms with Crippen LogP contribution in [0.3, 0.4) is 0 Å². The van der Waals surface area contributed by atoms with Crippen molar-refractivity contribution in [3.8, 4) is 11.3 Å². The molecule has 1 fully saturated rings. The lowest BCUT2D eigenvalue weighted by Gasteiger charge is -2.26. The van der Waals surface area contributed by atoms with Gasteiger partial charge in [-0.05, 0) is 63.6 Å². The second-order valence-corrected chi connectivity index (χ2v) is 9.61. The fourth-order valence-electron chi connectivity index (χ4n) is 4.74. The maximum Gasteiger partial charge on any atom is 0.229 e. The smallest absolute Gasteiger partial charge is 0.229 e. The summed E-state index contributed by atoms with van der Waals surface area (Å²) in [7, 11) is 1.74. The molecule has 1 unspecified atom stereocenters. The molecule has 1 aliphatic carbocycles. The number of aryl methyl sites for hydroxylation is 1. The minimum Gasteiger partial charge on any atom is -0.381 e. The molecular formula is C23H29N3O3S. The molecule has 0 bridgehead atoms. The Morgan fingerprint density at radius 1 is 1.23 bits per heavy atom. The van der Waals surface area contributed by atoms with E-state index in [0.717, 1.165) is 53.9 Å². The lowest BCUT2D eigenvalue weighted by molar-refractivity contribution is -0.121. The minimum absolute atomic E-state index is 0.0307. The first-order valence-electron chi connectivity index (χ1n) is 10.6. The first-order chi connectivity index (χ1) is 14.4. The van der Waals surface area contributed by atoms with Gasteiger partial charge in [0.25, 0.3) is 0 Å². The van der Waals surface area contributed by atoms with E-state index in [0.29, 0.717) is 5.13 Å². The molecule has 1 aliphatic heterocycles. The Bertz CT molecular complexity index is 963. The highest BCUT2D eigenvalue weighted by atomic mass is 32.1. The maximum absolute atomic E-state index is 12.7. The summed E-state index contributed by atoms with van der Waals surface area (Å²) in [6.45, 7) is 5.72. The normalized spacial score (nSPS) is 23.3. The fraction of sp³-hybridized carbons (Fsp3) is 0.522. The van der Waals surface area contributed by atoms with Crippen molar-refractivity contribution in [1.29, 1.82) is 0 Å². The molecule has 0 spiro atoms. The first-order valence-corrected chi connectivity index (χ1v) is 11.4. The van der Waals surface area contributed by atoms with Crippen LogP contribution >= 0.6 is 11.3 Å². The highest BCUT2D eigenvalue weighted by Crippen LogP contribution is 2.38. The van der Waals surface area contributed by atoms with Gasteiger partial charge in [0.15, 0.2) is 5.13 Å². The first kappa shape index (κ1) is 21.0. The Hall–Kier alpha value is -2.25. The van der Waals surface area contributed by atoms with E-state index in [2.05, 4.69) is 18.3 Å². The molecule has 4 rings (SSSR count). The van der Waals surface area contributed by atoms with Crippen LogP contribution in [-0.2, 0) is 20.7 Å². The molecule has 0 saturated heterocycles. The molecule has 30 heavy (non-hydrogen) atoms. The van der Waals surface area contributed by atoms with E-state index in [1.807, 2.05) is 24.0 Å². The monoisotopic (exact) mass is 427 g/mol. The molecular weight excluding hydrogens is 398 g/mol. The highest BCUT2D eigenvalue weighted by Gasteiger charge is 2.30. The standard InChI is InChI=1S/C23H29N3O3S/c1-13-11-18-12-17(7-10-20(18)26(13)15(3)27)21-14(2)30-23(24-21)25-22(28)16-5-8-19(29-4)9-6-16/h7,10,12-13,16,19H,5-6,8-9,11H2,1-4H3,(H,24,25,28). The summed E-state index contributed by atoms with van der Waals surface area (Å²) in [4.78, 5) is 32.3. The predicted molar refractivity (Wildman–Crippen MR) is 120 cm³/mol. The number of nitrogens with one attached hydrogen (secondary N) is 1. The number of nitrogens with zero attached hydrogens (tertiary/aromatic N) is 2. The van der Waals surface area contributed by atoms with Crippen molar-refractivity contribution in [1.82, 2.24) is 4.98 Å². The molecule has 1 atom stereocenters. The van der Waals surface area contributed by atoms with Crippen molar-refractivity contribution in [2.75, 3.05) is 17.3 Å². The quantitative estimate of drug-likeness (QED) is 0.776.